The van der Waals surface area contributed by atoms with Gasteiger partial charge < -0.3 is 9.47 Å². The second kappa shape index (κ2) is 11.9. The molecular weight excluding hydrogens is 504 g/mol. The van der Waals surface area contributed by atoms with Gasteiger partial charge in [0.15, 0.2) is 11.5 Å². The number of pyridine rings is 2. The van der Waals surface area contributed by atoms with Crippen molar-refractivity contribution in [2.24, 2.45) is 0 Å². The van der Waals surface area contributed by atoms with Crippen LogP contribution in [-0.2, 0) is 6.42 Å². The lowest BCUT2D eigenvalue weighted by Crippen LogP contribution is -2.11. The van der Waals surface area contributed by atoms with Crippen LogP contribution in [0.2, 0.25) is 0 Å². The van der Waals surface area contributed by atoms with Gasteiger partial charge in [-0.05, 0) is 60.4 Å². The predicted molar refractivity (Wildman–Crippen MR) is 136 cm³/mol. The first-order valence-corrected chi connectivity index (χ1v) is 11.7. The number of aryl methyl sites for hydroxylation is 1. The first-order chi connectivity index (χ1) is 17.8. The highest BCUT2D eigenvalue weighted by Gasteiger charge is 2.22. The van der Waals surface area contributed by atoms with E-state index in [1.165, 1.54) is 18.2 Å². The fraction of sp³-hybridized carbons (Fsp3) is 0.179. The molecule has 190 valence electrons. The van der Waals surface area contributed by atoms with Crippen LogP contribution >= 0.6 is 12.2 Å². The molecule has 2 heterocycles. The molecule has 4 rings (SSSR count). The minimum Gasteiger partial charge on any atom is -0.431 e. The third-order valence-electron chi connectivity index (χ3n) is 5.71. The largest absolute Gasteiger partial charge is 0.431 e. The summed E-state index contributed by atoms with van der Waals surface area (Å²) in [5.74, 6) is -1.37. The van der Waals surface area contributed by atoms with Crippen molar-refractivity contribution in [1.82, 2.24) is 9.97 Å². The second-order valence-corrected chi connectivity index (χ2v) is 8.65. The average Bonchev–Trinajstić information content (AvgIpc) is 2.89. The molecule has 0 saturated carbocycles. The van der Waals surface area contributed by atoms with Gasteiger partial charge in [0.2, 0.25) is 0 Å². The summed E-state index contributed by atoms with van der Waals surface area (Å²) in [7, 11) is 0. The lowest BCUT2D eigenvalue weighted by atomic mass is 9.88. The highest BCUT2D eigenvalue weighted by Crippen LogP contribution is 2.36. The molecule has 0 spiro atoms. The highest BCUT2D eigenvalue weighted by atomic mass is 32.1. The third kappa shape index (κ3) is 6.89. The van der Waals surface area contributed by atoms with Gasteiger partial charge >= 0.3 is 13.2 Å². The van der Waals surface area contributed by atoms with Gasteiger partial charge in [-0.2, -0.15) is 17.6 Å². The smallest absolute Gasteiger partial charge is 0.387 e. The van der Waals surface area contributed by atoms with Gasteiger partial charge in [0.25, 0.3) is 0 Å². The van der Waals surface area contributed by atoms with Crippen LogP contribution in [0.3, 0.4) is 0 Å². The standard InChI is InChI=1S/C28H22F4N2O2S/c1-17-2-4-19(5-3-17)26(37)21-6-8-23(34-16-21)22(14-18-10-12-33-13-11-18)20-7-9-24(35-27(29)30)25(15-20)36-28(31)32/h2-13,15-16,22,27-28H,14H2,1H3. The van der Waals surface area contributed by atoms with E-state index in [4.69, 9.17) is 12.2 Å². The van der Waals surface area contributed by atoms with E-state index >= 15 is 0 Å². The summed E-state index contributed by atoms with van der Waals surface area (Å²) in [6, 6.07) is 19.2. The summed E-state index contributed by atoms with van der Waals surface area (Å²) in [6.07, 6.45) is 5.41. The number of alkyl halides is 4. The van der Waals surface area contributed by atoms with Crippen LogP contribution in [0.5, 0.6) is 11.5 Å². The monoisotopic (exact) mass is 526 g/mol. The maximum atomic E-state index is 13.0. The van der Waals surface area contributed by atoms with Gasteiger partial charge in [0.1, 0.15) is 0 Å². The number of ether oxygens (including phenoxy) is 2. The Balaban J connectivity index is 1.70. The number of nitrogens with zero attached hydrogens (tertiary/aromatic N) is 2. The Morgan fingerprint density at radius 1 is 0.811 bits per heavy atom. The topological polar surface area (TPSA) is 44.2 Å². The van der Waals surface area contributed by atoms with Crippen LogP contribution in [0, 0.1) is 6.92 Å². The fourth-order valence-electron chi connectivity index (χ4n) is 3.89. The third-order valence-corrected chi connectivity index (χ3v) is 6.18. The molecule has 9 heteroatoms. The predicted octanol–water partition coefficient (Wildman–Crippen LogP) is 7.13. The van der Waals surface area contributed by atoms with Crippen LogP contribution in [0.1, 0.15) is 39.4 Å². The average molecular weight is 527 g/mol. The molecule has 37 heavy (non-hydrogen) atoms. The van der Waals surface area contributed by atoms with Gasteiger partial charge in [0.05, 0.1) is 4.86 Å². The molecule has 0 radical (unpaired) electrons. The number of aromatic nitrogens is 2. The maximum Gasteiger partial charge on any atom is 0.387 e. The maximum absolute atomic E-state index is 13.0. The van der Waals surface area contributed by atoms with E-state index in [-0.39, 0.29) is 0 Å². The molecule has 0 N–H and O–H groups in total. The summed E-state index contributed by atoms with van der Waals surface area (Å²) in [6.45, 7) is -4.41. The Labute approximate surface area is 216 Å². The van der Waals surface area contributed by atoms with Crippen LogP contribution in [0.25, 0.3) is 0 Å². The second-order valence-electron chi connectivity index (χ2n) is 8.24. The molecule has 0 bridgehead atoms. The van der Waals surface area contributed by atoms with E-state index in [9.17, 15) is 17.6 Å². The van der Waals surface area contributed by atoms with Gasteiger partial charge in [0, 0.05) is 35.8 Å². The molecule has 0 aliphatic heterocycles. The molecule has 1 unspecified atom stereocenters. The van der Waals surface area contributed by atoms with E-state index in [0.717, 1.165) is 22.3 Å². The zero-order valence-corrected chi connectivity index (χ0v) is 20.5. The van der Waals surface area contributed by atoms with Crippen LogP contribution in [0.15, 0.2) is 85.3 Å². The van der Waals surface area contributed by atoms with Crippen molar-refractivity contribution < 1.29 is 27.0 Å². The first-order valence-electron chi connectivity index (χ1n) is 11.3. The number of hydrogen-bond donors (Lipinski definition) is 0. The Morgan fingerprint density at radius 3 is 2.08 bits per heavy atom. The summed E-state index contributed by atoms with van der Waals surface area (Å²) in [5.41, 5.74) is 4.87. The van der Waals surface area contributed by atoms with E-state index < -0.39 is 30.6 Å². The summed E-state index contributed by atoms with van der Waals surface area (Å²) < 4.78 is 60.5. The molecule has 0 amide bonds. The van der Waals surface area contributed by atoms with Gasteiger partial charge in [-0.25, -0.2) is 0 Å². The lowest BCUT2D eigenvalue weighted by Gasteiger charge is -2.20. The Kier molecular flexibility index (Phi) is 8.45. The highest BCUT2D eigenvalue weighted by molar-refractivity contribution is 7.81. The van der Waals surface area contributed by atoms with Crippen molar-refractivity contribution in [3.05, 3.63) is 119 Å². The van der Waals surface area contributed by atoms with Crippen LogP contribution in [-0.4, -0.2) is 28.1 Å². The normalized spacial score (nSPS) is 12.0. The number of thiocarbonyl (C=S) groups is 1. The minimum absolute atomic E-state index is 0.412. The van der Waals surface area contributed by atoms with Crippen molar-refractivity contribution in [1.29, 1.82) is 0 Å². The molecule has 0 aliphatic rings. The molecule has 0 fully saturated rings. The number of hydrogen-bond acceptors (Lipinski definition) is 5. The van der Waals surface area contributed by atoms with Gasteiger partial charge in [-0.1, -0.05) is 54.2 Å². The molecule has 4 nitrogen and oxygen atoms in total. The lowest BCUT2D eigenvalue weighted by molar-refractivity contribution is -0.0692. The van der Waals surface area contributed by atoms with Crippen molar-refractivity contribution in [2.45, 2.75) is 32.5 Å². The Hall–Kier alpha value is -3.85. The van der Waals surface area contributed by atoms with E-state index in [1.54, 1.807) is 18.6 Å². The SMILES string of the molecule is Cc1ccc(C(=S)c2ccc(C(Cc3ccncc3)c3ccc(OC(F)F)c(OC(F)F)c3)nc2)cc1. The fourth-order valence-corrected chi connectivity index (χ4v) is 4.14. The van der Waals surface area contributed by atoms with Crippen LogP contribution in [0.4, 0.5) is 17.6 Å². The zero-order valence-electron chi connectivity index (χ0n) is 19.7. The van der Waals surface area contributed by atoms with Gasteiger partial charge in [-0.3, -0.25) is 9.97 Å². The minimum atomic E-state index is -3.21. The number of halogens is 4. The number of rotatable bonds is 10. The van der Waals surface area contributed by atoms with Crippen molar-refractivity contribution >= 4 is 17.1 Å². The quantitative estimate of drug-likeness (QED) is 0.125. The number of benzene rings is 2. The van der Waals surface area contributed by atoms with Crippen molar-refractivity contribution in [3.8, 4) is 11.5 Å². The first kappa shape index (κ1) is 26.2. The van der Waals surface area contributed by atoms with E-state index in [2.05, 4.69) is 19.4 Å². The van der Waals surface area contributed by atoms with E-state index in [0.29, 0.717) is 22.5 Å². The van der Waals surface area contributed by atoms with Crippen LogP contribution < -0.4 is 9.47 Å². The molecular formula is C28H22F4N2O2S. The zero-order chi connectivity index (χ0) is 26.4. The van der Waals surface area contributed by atoms with Crippen molar-refractivity contribution in [2.75, 3.05) is 0 Å². The summed E-state index contributed by atoms with van der Waals surface area (Å²) >= 11 is 5.63. The molecule has 1 atom stereocenters. The van der Waals surface area contributed by atoms with E-state index in [1.807, 2.05) is 55.5 Å². The molecule has 2 aromatic heterocycles. The van der Waals surface area contributed by atoms with Crippen molar-refractivity contribution in [3.63, 3.8) is 0 Å². The van der Waals surface area contributed by atoms with Gasteiger partial charge in [-0.15, -0.1) is 0 Å². The molecule has 2 aromatic carbocycles. The Bertz CT molecular complexity index is 1330. The molecule has 4 aromatic rings. The molecule has 0 aliphatic carbocycles. The summed E-state index contributed by atoms with van der Waals surface area (Å²) in [5, 5.41) is 0. The summed E-state index contributed by atoms with van der Waals surface area (Å²) in [4.78, 5) is 9.31. The Morgan fingerprint density at radius 2 is 1.46 bits per heavy atom. The molecule has 0 saturated heterocycles.